The van der Waals surface area contributed by atoms with Gasteiger partial charge in [-0.15, -0.1) is 0 Å². The monoisotopic (exact) mass is 191 g/mol. The predicted octanol–water partition coefficient (Wildman–Crippen LogP) is 0.396. The predicted molar refractivity (Wildman–Crippen MR) is 52.5 cm³/mol. The van der Waals surface area contributed by atoms with Crippen molar-refractivity contribution in [3.8, 4) is 0 Å². The first-order chi connectivity index (χ1) is 6.95. The van der Waals surface area contributed by atoms with Crippen LogP contribution in [0.2, 0.25) is 0 Å². The van der Waals surface area contributed by atoms with E-state index in [4.69, 9.17) is 0 Å². The maximum atomic E-state index is 3.97. The molecule has 2 N–H and O–H groups in total. The molecule has 2 aromatic heterocycles. The summed E-state index contributed by atoms with van der Waals surface area (Å²) in [5.74, 6) is 0. The van der Waals surface area contributed by atoms with Gasteiger partial charge in [-0.05, 0) is 6.07 Å². The average Bonchev–Trinajstić information content (AvgIpc) is 2.86. The van der Waals surface area contributed by atoms with Gasteiger partial charge in [-0.25, -0.2) is 4.98 Å². The van der Waals surface area contributed by atoms with E-state index in [1.165, 1.54) is 0 Å². The lowest BCUT2D eigenvalue weighted by Crippen LogP contribution is -2.19. The number of nitrogens with one attached hydrogen (secondary N) is 2. The molecule has 2 aromatic rings. The summed E-state index contributed by atoms with van der Waals surface area (Å²) in [6.45, 7) is 2.69. The number of aromatic amines is 1. The van der Waals surface area contributed by atoms with E-state index >= 15 is 0 Å². The first kappa shape index (κ1) is 8.96. The van der Waals surface area contributed by atoms with Crippen LogP contribution < -0.4 is 5.32 Å². The zero-order chi connectivity index (χ0) is 9.64. The fourth-order valence-corrected chi connectivity index (χ4v) is 1.23. The lowest BCUT2D eigenvalue weighted by atomic mass is 10.4. The van der Waals surface area contributed by atoms with Gasteiger partial charge in [0.15, 0.2) is 0 Å². The first-order valence-corrected chi connectivity index (χ1v) is 4.60. The Morgan fingerprint density at radius 3 is 3.14 bits per heavy atom. The number of H-pyrrole nitrogens is 1. The number of aromatic nitrogens is 4. The summed E-state index contributed by atoms with van der Waals surface area (Å²) in [6, 6.07) is 1.96. The van der Waals surface area contributed by atoms with Crippen molar-refractivity contribution < 1.29 is 0 Å². The van der Waals surface area contributed by atoms with E-state index in [-0.39, 0.29) is 0 Å². The lowest BCUT2D eigenvalue weighted by molar-refractivity contribution is 0.591. The Morgan fingerprint density at radius 1 is 1.43 bits per heavy atom. The molecule has 0 spiro atoms. The molecule has 74 valence electrons. The van der Waals surface area contributed by atoms with Crippen molar-refractivity contribution in [1.82, 2.24) is 25.1 Å². The van der Waals surface area contributed by atoms with Crippen molar-refractivity contribution in [3.05, 3.63) is 36.7 Å². The van der Waals surface area contributed by atoms with Crippen molar-refractivity contribution in [2.45, 2.75) is 13.1 Å². The molecule has 0 unspecified atom stereocenters. The molecule has 5 heteroatoms. The van der Waals surface area contributed by atoms with Gasteiger partial charge in [-0.2, -0.15) is 5.10 Å². The zero-order valence-electron chi connectivity index (χ0n) is 7.85. The van der Waals surface area contributed by atoms with Crippen LogP contribution in [0, 0.1) is 0 Å². The van der Waals surface area contributed by atoms with E-state index in [1.807, 2.05) is 23.2 Å². The van der Waals surface area contributed by atoms with Gasteiger partial charge in [0.1, 0.15) is 0 Å². The van der Waals surface area contributed by atoms with Gasteiger partial charge < -0.3 is 9.88 Å². The topological polar surface area (TPSA) is 58.5 Å². The van der Waals surface area contributed by atoms with Gasteiger partial charge >= 0.3 is 0 Å². The minimum absolute atomic E-state index is 0.828. The summed E-state index contributed by atoms with van der Waals surface area (Å²) in [7, 11) is 0. The second kappa shape index (κ2) is 4.57. The van der Waals surface area contributed by atoms with Gasteiger partial charge in [0, 0.05) is 43.9 Å². The molecule has 0 amide bonds. The van der Waals surface area contributed by atoms with Gasteiger partial charge in [-0.1, -0.05) is 0 Å². The number of hydrogen-bond acceptors (Lipinski definition) is 3. The fourth-order valence-electron chi connectivity index (χ4n) is 1.23. The Morgan fingerprint density at radius 2 is 2.43 bits per heavy atom. The van der Waals surface area contributed by atoms with E-state index in [2.05, 4.69) is 20.5 Å². The number of imidazole rings is 1. The molecule has 0 aliphatic carbocycles. The molecule has 0 atom stereocenters. The van der Waals surface area contributed by atoms with Crippen LogP contribution in [-0.2, 0) is 13.1 Å². The Labute approximate surface area is 82.2 Å². The molecule has 0 aliphatic rings. The van der Waals surface area contributed by atoms with Crippen LogP contribution in [0.5, 0.6) is 0 Å². The average molecular weight is 191 g/mol. The summed E-state index contributed by atoms with van der Waals surface area (Å²) in [5, 5.41) is 10.1. The quantitative estimate of drug-likeness (QED) is 0.672. The minimum atomic E-state index is 0.828. The zero-order valence-corrected chi connectivity index (χ0v) is 7.85. The van der Waals surface area contributed by atoms with E-state index in [0.29, 0.717) is 0 Å². The van der Waals surface area contributed by atoms with Crippen LogP contribution >= 0.6 is 0 Å². The Kier molecular flexibility index (Phi) is 2.92. The lowest BCUT2D eigenvalue weighted by Gasteiger charge is -2.03. The summed E-state index contributed by atoms with van der Waals surface area (Å²) in [5.41, 5.74) is 1.11. The Balaban J connectivity index is 1.65. The molecule has 0 aliphatic heterocycles. The van der Waals surface area contributed by atoms with Crippen LogP contribution in [0.1, 0.15) is 5.69 Å². The third-order valence-corrected chi connectivity index (χ3v) is 1.98. The molecular weight excluding hydrogens is 178 g/mol. The van der Waals surface area contributed by atoms with Crippen molar-refractivity contribution in [3.63, 3.8) is 0 Å². The van der Waals surface area contributed by atoms with Crippen molar-refractivity contribution in [2.24, 2.45) is 0 Å². The molecule has 0 aromatic carbocycles. The molecule has 2 heterocycles. The number of nitrogens with zero attached hydrogens (tertiary/aromatic N) is 3. The Hall–Kier alpha value is -1.62. The van der Waals surface area contributed by atoms with Gasteiger partial charge in [0.2, 0.25) is 0 Å². The molecular formula is C9H13N5. The highest BCUT2D eigenvalue weighted by molar-refractivity contribution is 4.96. The molecule has 0 radical (unpaired) electrons. The third kappa shape index (κ3) is 2.43. The third-order valence-electron chi connectivity index (χ3n) is 1.98. The van der Waals surface area contributed by atoms with Crippen molar-refractivity contribution in [2.75, 3.05) is 6.54 Å². The standard InChI is InChI=1S/C9H13N5/c1-2-12-13-9(1)7-10-3-5-14-6-4-11-8-14/h1-2,4,6,8,10H,3,5,7H2,(H,12,13). The van der Waals surface area contributed by atoms with Crippen molar-refractivity contribution >= 4 is 0 Å². The maximum Gasteiger partial charge on any atom is 0.0946 e. The van der Waals surface area contributed by atoms with Crippen LogP contribution in [-0.4, -0.2) is 26.3 Å². The van der Waals surface area contributed by atoms with Crippen molar-refractivity contribution in [1.29, 1.82) is 0 Å². The first-order valence-electron chi connectivity index (χ1n) is 4.60. The molecule has 5 nitrogen and oxygen atoms in total. The highest BCUT2D eigenvalue weighted by Crippen LogP contribution is 1.90. The largest absolute Gasteiger partial charge is 0.336 e. The van der Waals surface area contributed by atoms with Crippen LogP contribution in [0.4, 0.5) is 0 Å². The smallest absolute Gasteiger partial charge is 0.0946 e. The van der Waals surface area contributed by atoms with Crippen LogP contribution in [0.3, 0.4) is 0 Å². The molecule has 14 heavy (non-hydrogen) atoms. The van der Waals surface area contributed by atoms with E-state index < -0.39 is 0 Å². The number of rotatable bonds is 5. The van der Waals surface area contributed by atoms with Gasteiger partial charge in [0.25, 0.3) is 0 Å². The second-order valence-corrected chi connectivity index (χ2v) is 3.06. The molecule has 0 fully saturated rings. The number of hydrogen-bond donors (Lipinski definition) is 2. The summed E-state index contributed by atoms with van der Waals surface area (Å²) in [6.07, 6.45) is 7.32. The van der Waals surface area contributed by atoms with Crippen LogP contribution in [0.25, 0.3) is 0 Å². The summed E-state index contributed by atoms with van der Waals surface area (Å²) >= 11 is 0. The van der Waals surface area contributed by atoms with Gasteiger partial charge in [0.05, 0.1) is 6.33 Å². The molecule has 2 rings (SSSR count). The highest BCUT2D eigenvalue weighted by atomic mass is 15.1. The summed E-state index contributed by atoms with van der Waals surface area (Å²) < 4.78 is 2.04. The fraction of sp³-hybridized carbons (Fsp3) is 0.333. The van der Waals surface area contributed by atoms with E-state index in [9.17, 15) is 0 Å². The summed E-state index contributed by atoms with van der Waals surface area (Å²) in [4.78, 5) is 3.97. The van der Waals surface area contributed by atoms with Gasteiger partial charge in [-0.3, -0.25) is 5.10 Å². The van der Waals surface area contributed by atoms with E-state index in [0.717, 1.165) is 25.3 Å². The normalized spacial score (nSPS) is 10.6. The molecule has 0 saturated heterocycles. The Bertz CT molecular complexity index is 301. The molecule has 0 saturated carbocycles. The van der Waals surface area contributed by atoms with E-state index in [1.54, 1.807) is 12.4 Å². The minimum Gasteiger partial charge on any atom is -0.336 e. The van der Waals surface area contributed by atoms with Crippen LogP contribution in [0.15, 0.2) is 31.0 Å². The highest BCUT2D eigenvalue weighted by Gasteiger charge is 1.92. The maximum absolute atomic E-state index is 3.97. The molecule has 0 bridgehead atoms. The second-order valence-electron chi connectivity index (χ2n) is 3.06. The SMILES string of the molecule is c1cn(CCNCc2ccn[nH]2)cn1.